The van der Waals surface area contributed by atoms with Gasteiger partial charge in [0.1, 0.15) is 0 Å². The van der Waals surface area contributed by atoms with Gasteiger partial charge in [-0.15, -0.1) is 11.3 Å². The number of pyridine rings is 1. The van der Waals surface area contributed by atoms with E-state index in [0.29, 0.717) is 10.6 Å². The van der Waals surface area contributed by atoms with Crippen LogP contribution >= 0.6 is 27.3 Å². The lowest BCUT2D eigenvalue weighted by molar-refractivity contribution is 0.0960. The Bertz CT molecular complexity index is 981. The standard InChI is InChI=1S/C14H13BrN4O3S2/c15-10-7-13(23-9-10)14(20)16-4-6-24(21,22)18-11-2-5-19-12(8-11)1-3-17-19/h1-3,5,7-9,18H,4,6H2,(H,16,20). The summed E-state index contributed by atoms with van der Waals surface area (Å²) in [4.78, 5) is 12.4. The third kappa shape index (κ3) is 4.13. The van der Waals surface area contributed by atoms with Crippen LogP contribution in [-0.2, 0) is 10.0 Å². The fourth-order valence-electron chi connectivity index (χ4n) is 2.03. The van der Waals surface area contributed by atoms with Crippen LogP contribution in [0.4, 0.5) is 5.69 Å². The van der Waals surface area contributed by atoms with E-state index in [1.165, 1.54) is 11.3 Å². The molecule has 0 saturated carbocycles. The van der Waals surface area contributed by atoms with E-state index in [2.05, 4.69) is 31.1 Å². The van der Waals surface area contributed by atoms with Gasteiger partial charge in [-0.2, -0.15) is 5.10 Å². The van der Waals surface area contributed by atoms with Crippen molar-refractivity contribution >= 4 is 54.4 Å². The Hall–Kier alpha value is -1.91. The van der Waals surface area contributed by atoms with Crippen LogP contribution in [0.15, 0.2) is 46.5 Å². The number of hydrogen-bond acceptors (Lipinski definition) is 5. The van der Waals surface area contributed by atoms with Crippen LogP contribution in [0.2, 0.25) is 0 Å². The molecule has 10 heteroatoms. The first-order chi connectivity index (χ1) is 11.4. The second kappa shape index (κ2) is 6.91. The van der Waals surface area contributed by atoms with Gasteiger partial charge < -0.3 is 5.32 Å². The normalized spacial score (nSPS) is 11.5. The largest absolute Gasteiger partial charge is 0.350 e. The highest BCUT2D eigenvalue weighted by Crippen LogP contribution is 2.19. The molecule has 7 nitrogen and oxygen atoms in total. The van der Waals surface area contributed by atoms with Gasteiger partial charge in [0.15, 0.2) is 0 Å². The van der Waals surface area contributed by atoms with Crippen molar-refractivity contribution < 1.29 is 13.2 Å². The number of fused-ring (bicyclic) bond motifs is 1. The summed E-state index contributed by atoms with van der Waals surface area (Å²) in [5.74, 6) is -0.503. The van der Waals surface area contributed by atoms with Gasteiger partial charge in [-0.3, -0.25) is 9.52 Å². The first kappa shape index (κ1) is 16.9. The SMILES string of the molecule is O=C(NCCS(=O)(=O)Nc1ccn2nccc2c1)c1cc(Br)cs1. The molecule has 3 rings (SSSR count). The van der Waals surface area contributed by atoms with Crippen molar-refractivity contribution in [1.29, 1.82) is 0 Å². The number of carbonyl (C=O) groups is 1. The Morgan fingerprint density at radius 2 is 2.17 bits per heavy atom. The molecule has 3 aromatic rings. The Kier molecular flexibility index (Phi) is 4.88. The predicted octanol–water partition coefficient (Wildman–Crippen LogP) is 2.33. The first-order valence-corrected chi connectivity index (χ1v) is 10.2. The molecule has 3 heterocycles. The molecule has 0 radical (unpaired) electrons. The fraction of sp³-hybridized carbons (Fsp3) is 0.143. The maximum absolute atomic E-state index is 12.1. The predicted molar refractivity (Wildman–Crippen MR) is 97.0 cm³/mol. The molecular weight excluding hydrogens is 416 g/mol. The van der Waals surface area contributed by atoms with Crippen molar-refractivity contribution in [3.63, 3.8) is 0 Å². The molecule has 0 saturated heterocycles. The lowest BCUT2D eigenvalue weighted by Gasteiger charge is -2.09. The number of carbonyl (C=O) groups excluding carboxylic acids is 1. The van der Waals surface area contributed by atoms with Gasteiger partial charge in [-0.25, -0.2) is 12.9 Å². The van der Waals surface area contributed by atoms with Gasteiger partial charge in [-0.05, 0) is 40.2 Å². The Morgan fingerprint density at radius 1 is 1.33 bits per heavy atom. The van der Waals surface area contributed by atoms with Crippen LogP contribution in [0, 0.1) is 0 Å². The molecule has 0 fully saturated rings. The molecule has 0 aliphatic heterocycles. The van der Waals surface area contributed by atoms with Crippen molar-refractivity contribution in [2.24, 2.45) is 0 Å². The van der Waals surface area contributed by atoms with Crippen LogP contribution in [-0.4, -0.2) is 36.2 Å². The van der Waals surface area contributed by atoms with Crippen molar-refractivity contribution in [2.45, 2.75) is 0 Å². The minimum absolute atomic E-state index is 0.0264. The minimum atomic E-state index is -3.56. The summed E-state index contributed by atoms with van der Waals surface area (Å²) in [7, 11) is -3.56. The zero-order chi connectivity index (χ0) is 17.2. The second-order valence-corrected chi connectivity index (χ2v) is 8.59. The van der Waals surface area contributed by atoms with Crippen molar-refractivity contribution in [1.82, 2.24) is 14.9 Å². The second-order valence-electron chi connectivity index (χ2n) is 4.92. The number of anilines is 1. The highest BCUT2D eigenvalue weighted by molar-refractivity contribution is 9.10. The number of nitrogens with zero attached hydrogens (tertiary/aromatic N) is 2. The van der Waals surface area contributed by atoms with Gasteiger partial charge in [0.2, 0.25) is 10.0 Å². The molecule has 0 spiro atoms. The molecule has 126 valence electrons. The van der Waals surface area contributed by atoms with E-state index >= 15 is 0 Å². The highest BCUT2D eigenvalue weighted by atomic mass is 79.9. The molecule has 3 aromatic heterocycles. The number of halogens is 1. The molecule has 0 aliphatic rings. The Morgan fingerprint density at radius 3 is 2.92 bits per heavy atom. The van der Waals surface area contributed by atoms with Crippen LogP contribution in [0.5, 0.6) is 0 Å². The number of nitrogens with one attached hydrogen (secondary N) is 2. The molecular formula is C14H13BrN4O3S2. The smallest absolute Gasteiger partial charge is 0.261 e. The zero-order valence-electron chi connectivity index (χ0n) is 12.3. The number of sulfonamides is 1. The average Bonchev–Trinajstić information content (AvgIpc) is 3.14. The van der Waals surface area contributed by atoms with Gasteiger partial charge in [0.05, 0.1) is 21.8 Å². The summed E-state index contributed by atoms with van der Waals surface area (Å²) in [6.45, 7) is 0.0264. The molecule has 0 unspecified atom stereocenters. The maximum Gasteiger partial charge on any atom is 0.261 e. The molecule has 24 heavy (non-hydrogen) atoms. The topological polar surface area (TPSA) is 92.6 Å². The van der Waals surface area contributed by atoms with E-state index in [1.807, 2.05) is 0 Å². The first-order valence-electron chi connectivity index (χ1n) is 6.89. The quantitative estimate of drug-likeness (QED) is 0.629. The fourth-order valence-corrected chi connectivity index (χ4v) is 4.34. The van der Waals surface area contributed by atoms with E-state index in [9.17, 15) is 13.2 Å². The number of rotatable bonds is 6. The average molecular weight is 429 g/mol. The number of thiophene rings is 1. The summed E-state index contributed by atoms with van der Waals surface area (Å²) >= 11 is 4.56. The van der Waals surface area contributed by atoms with Gasteiger partial charge in [0, 0.05) is 28.8 Å². The van der Waals surface area contributed by atoms with E-state index in [4.69, 9.17) is 0 Å². The number of amides is 1. The van der Waals surface area contributed by atoms with Crippen molar-refractivity contribution in [2.75, 3.05) is 17.0 Å². The van der Waals surface area contributed by atoms with E-state index in [-0.39, 0.29) is 18.2 Å². The van der Waals surface area contributed by atoms with Crippen molar-refractivity contribution in [3.05, 3.63) is 51.4 Å². The Balaban J connectivity index is 1.56. The molecule has 1 amide bonds. The molecule has 0 aromatic carbocycles. The summed E-state index contributed by atoms with van der Waals surface area (Å²) in [6.07, 6.45) is 3.30. The zero-order valence-corrected chi connectivity index (χ0v) is 15.5. The monoisotopic (exact) mass is 428 g/mol. The van der Waals surface area contributed by atoms with Crippen LogP contribution in [0.1, 0.15) is 9.67 Å². The third-order valence-electron chi connectivity index (χ3n) is 3.12. The third-order valence-corrected chi connectivity index (χ3v) is 6.10. The summed E-state index contributed by atoms with van der Waals surface area (Å²) in [5, 5.41) is 8.43. The molecule has 0 atom stereocenters. The number of hydrogen-bond donors (Lipinski definition) is 2. The highest BCUT2D eigenvalue weighted by Gasteiger charge is 2.13. The molecule has 2 N–H and O–H groups in total. The summed E-state index contributed by atoms with van der Waals surface area (Å²) < 4.78 is 29.2. The van der Waals surface area contributed by atoms with Gasteiger partial charge in [-0.1, -0.05) is 0 Å². The molecule has 0 aliphatic carbocycles. The van der Waals surface area contributed by atoms with Crippen molar-refractivity contribution in [3.8, 4) is 0 Å². The van der Waals surface area contributed by atoms with E-state index in [1.54, 1.807) is 46.6 Å². The number of aromatic nitrogens is 2. The van der Waals surface area contributed by atoms with Crippen LogP contribution in [0.25, 0.3) is 5.52 Å². The van der Waals surface area contributed by atoms with Gasteiger partial charge >= 0.3 is 0 Å². The van der Waals surface area contributed by atoms with Crippen LogP contribution in [0.3, 0.4) is 0 Å². The lowest BCUT2D eigenvalue weighted by atomic mass is 10.4. The lowest BCUT2D eigenvalue weighted by Crippen LogP contribution is -2.30. The molecule has 0 bridgehead atoms. The Labute approximate surface area is 150 Å². The minimum Gasteiger partial charge on any atom is -0.350 e. The van der Waals surface area contributed by atoms with E-state index in [0.717, 1.165) is 9.99 Å². The summed E-state index contributed by atoms with van der Waals surface area (Å²) in [5.41, 5.74) is 1.24. The van der Waals surface area contributed by atoms with E-state index < -0.39 is 10.0 Å². The summed E-state index contributed by atoms with van der Waals surface area (Å²) in [6, 6.07) is 6.77. The van der Waals surface area contributed by atoms with Crippen LogP contribution < -0.4 is 10.0 Å². The van der Waals surface area contributed by atoms with Gasteiger partial charge in [0.25, 0.3) is 5.91 Å². The maximum atomic E-state index is 12.1.